The number of carbonyl (C=O) groups is 3. The Morgan fingerprint density at radius 2 is 1.05 bits per heavy atom. The number of hydrogen-bond acceptors (Lipinski definition) is 30. The summed E-state index contributed by atoms with van der Waals surface area (Å²) in [5.74, 6) is -4.70. The van der Waals surface area contributed by atoms with Crippen molar-refractivity contribution in [3.8, 4) is 0 Å². The van der Waals surface area contributed by atoms with Crippen molar-refractivity contribution in [3.05, 3.63) is 0 Å². The van der Waals surface area contributed by atoms with E-state index in [0.717, 1.165) is 27.4 Å². The zero-order chi connectivity index (χ0) is 54.4. The van der Waals surface area contributed by atoms with Gasteiger partial charge in [-0.3, -0.25) is 84.5 Å². The Labute approximate surface area is 416 Å². The van der Waals surface area contributed by atoms with Crippen molar-refractivity contribution in [1.82, 2.24) is 30.7 Å². The number of amides is 3. The van der Waals surface area contributed by atoms with Gasteiger partial charge in [-0.25, -0.2) is 22.6 Å². The molecule has 9 aliphatic heterocycles. The van der Waals surface area contributed by atoms with Gasteiger partial charge in [0, 0.05) is 0 Å². The van der Waals surface area contributed by atoms with Gasteiger partial charge < -0.3 is 63.8 Å². The Bertz CT molecular complexity index is 2870. The van der Waals surface area contributed by atoms with Gasteiger partial charge >= 0.3 is 23.5 Å². The van der Waals surface area contributed by atoms with Crippen LogP contribution < -0.4 is 20.8 Å². The van der Waals surface area contributed by atoms with Gasteiger partial charge in [0.1, 0.15) is 54.9 Å². The fourth-order valence-corrected chi connectivity index (χ4v) is 12.9. The molecule has 9 aliphatic rings. The lowest BCUT2D eigenvalue weighted by atomic mass is 10.1. The smallest absolute Gasteiger partial charge is 0.487 e. The van der Waals surface area contributed by atoms with Gasteiger partial charge in [-0.2, -0.15) is 24.2 Å². The van der Waals surface area contributed by atoms with E-state index in [1.165, 1.54) is 18.0 Å². The third-order valence-electron chi connectivity index (χ3n) is 11.7. The maximum atomic E-state index is 13.5. The molecule has 0 radical (unpaired) electrons. The molecule has 19 atom stereocenters. The number of fused-ring (bicyclic) bond motifs is 3. The number of aliphatic hydroxyl groups excluding tert-OH is 5. The van der Waals surface area contributed by atoms with Crippen LogP contribution in [0.3, 0.4) is 0 Å². The van der Waals surface area contributed by atoms with Crippen molar-refractivity contribution in [1.29, 1.82) is 16.2 Å². The molecule has 0 aromatic heterocycles. The Kier molecular flexibility index (Phi) is 14.7. The number of aliphatic hydroxyl groups is 5. The summed E-state index contributed by atoms with van der Waals surface area (Å²) in [7, 11) is -22.7. The number of amidine groups is 3. The second kappa shape index (κ2) is 20.1. The second-order valence-electron chi connectivity index (χ2n) is 16.8. The molecule has 0 spiro atoms. The summed E-state index contributed by atoms with van der Waals surface area (Å²) in [4.78, 5) is 104. The van der Waals surface area contributed by atoms with Gasteiger partial charge in [-0.15, -0.1) is 0 Å². The zero-order valence-electron chi connectivity index (χ0n) is 37.3. The topological polar surface area (TPSA) is 570 Å². The largest absolute Gasteiger partial charge is 0.756 e. The Hall–Kier alpha value is -4.96. The normalized spacial score (nSPS) is 38.4. The molecule has 3 amide bonds. The van der Waals surface area contributed by atoms with Crippen LogP contribution in [-0.4, -0.2) is 250 Å². The van der Waals surface area contributed by atoms with Crippen LogP contribution in [0.1, 0.15) is 0 Å². The van der Waals surface area contributed by atoms with Crippen LogP contribution in [0.15, 0.2) is 25.0 Å². The summed E-state index contributed by atoms with van der Waals surface area (Å²) >= 11 is 0. The first-order valence-corrected chi connectivity index (χ1v) is 27.1. The number of nitrogens with one attached hydrogen (secondary N) is 6. The van der Waals surface area contributed by atoms with Crippen molar-refractivity contribution in [2.24, 2.45) is 25.0 Å². The van der Waals surface area contributed by atoms with Crippen molar-refractivity contribution >= 4 is 103 Å². The van der Waals surface area contributed by atoms with Crippen LogP contribution in [0.25, 0.3) is 0 Å². The molecule has 3 fully saturated rings. The van der Waals surface area contributed by atoms with E-state index < -0.39 is 178 Å². The van der Waals surface area contributed by atoms with E-state index in [4.69, 9.17) is 44.0 Å². The monoisotopic (exact) mass is 1150 g/mol. The van der Waals surface area contributed by atoms with E-state index in [9.17, 15) is 77.8 Å². The van der Waals surface area contributed by atoms with Crippen LogP contribution in [0.2, 0.25) is 0 Å². The molecule has 0 aromatic carbocycles. The predicted octanol–water partition coefficient (Wildman–Crippen LogP) is -8.63. The number of aliphatic imine (C=N–C) groups is 5. The van der Waals surface area contributed by atoms with Crippen LogP contribution in [0.5, 0.6) is 0 Å². The van der Waals surface area contributed by atoms with Gasteiger partial charge in [-0.1, -0.05) is 0 Å². The molecule has 40 nitrogen and oxygen atoms in total. The van der Waals surface area contributed by atoms with Gasteiger partial charge in [0.05, 0.1) is 39.5 Å². The van der Waals surface area contributed by atoms with Gasteiger partial charge in [0.2, 0.25) is 30.4 Å². The minimum Gasteiger partial charge on any atom is -0.756 e. The van der Waals surface area contributed by atoms with Crippen molar-refractivity contribution < 1.29 is 123 Å². The zero-order valence-corrected chi connectivity index (χ0v) is 40.9. The van der Waals surface area contributed by atoms with E-state index >= 15 is 0 Å². The highest BCUT2D eigenvalue weighted by molar-refractivity contribution is 7.66. The van der Waals surface area contributed by atoms with Crippen LogP contribution in [0, 0.1) is 16.2 Å². The maximum absolute atomic E-state index is 13.5. The molecular formula is C31H41N15O25P4. The lowest BCUT2D eigenvalue weighted by Crippen LogP contribution is -2.54. The molecule has 0 bridgehead atoms. The predicted molar refractivity (Wildman–Crippen MR) is 234 cm³/mol. The Morgan fingerprint density at radius 3 is 1.60 bits per heavy atom. The number of phosphoric ester groups is 3. The lowest BCUT2D eigenvalue weighted by molar-refractivity contribution is -0.498. The first-order valence-electron chi connectivity index (χ1n) is 21.2. The van der Waals surface area contributed by atoms with Crippen LogP contribution in [-0.2, 0) is 73.6 Å². The van der Waals surface area contributed by atoms with E-state index in [1.807, 2.05) is 0 Å². The Balaban J connectivity index is 0.833. The molecule has 0 aromatic rings. The molecule has 44 heteroatoms. The molecular weight excluding hydrogens is 1110 g/mol. The molecule has 75 heavy (non-hydrogen) atoms. The molecule has 0 aliphatic carbocycles. The Morgan fingerprint density at radius 1 is 0.613 bits per heavy atom. The van der Waals surface area contributed by atoms with E-state index in [-0.39, 0.29) is 17.5 Å². The maximum Gasteiger partial charge on any atom is 0.487 e. The van der Waals surface area contributed by atoms with E-state index in [1.54, 1.807) is 0 Å². The lowest BCUT2D eigenvalue weighted by Gasteiger charge is -2.28. The number of nitrogens with zero attached hydrogens (tertiary/aromatic N) is 9. The molecule has 410 valence electrons. The summed E-state index contributed by atoms with van der Waals surface area (Å²) in [6.07, 6.45) is -19.2. The minimum absolute atomic E-state index is 0.112. The number of rotatable bonds is 18. The third-order valence-corrected chi connectivity index (χ3v) is 16.9. The highest BCUT2D eigenvalue weighted by atomic mass is 31.3. The third kappa shape index (κ3) is 11.0. The number of phosphoric acid groups is 4. The second-order valence-corrected chi connectivity index (χ2v) is 22.8. The summed E-state index contributed by atoms with van der Waals surface area (Å²) in [6.45, 7) is -3.76. The highest BCUT2D eigenvalue weighted by Gasteiger charge is 2.58. The van der Waals surface area contributed by atoms with Gasteiger partial charge in [-0.05, 0) is 0 Å². The van der Waals surface area contributed by atoms with Crippen molar-refractivity contribution in [3.63, 3.8) is 0 Å². The summed E-state index contributed by atoms with van der Waals surface area (Å²) in [5.41, 5.74) is 0. The van der Waals surface area contributed by atoms with E-state index in [2.05, 4.69) is 54.1 Å². The molecule has 3 saturated heterocycles. The molecule has 0 saturated carbocycles. The molecule has 14 N–H and O–H groups in total. The number of carbonyl (C=O) groups excluding carboxylic acids is 3. The van der Waals surface area contributed by atoms with Crippen LogP contribution >= 0.6 is 31.3 Å². The average molecular weight is 1150 g/mol. The number of likely N-dealkylation sites (N-methyl/N-ethyl adjacent to an activating group) is 1. The first kappa shape index (κ1) is 54.8. The van der Waals surface area contributed by atoms with E-state index in [0.29, 0.717) is 0 Å². The number of guanidine groups is 3. The van der Waals surface area contributed by atoms with Crippen molar-refractivity contribution in [2.45, 2.75) is 91.7 Å². The SMILES string of the molecule is C[N+]1=CN([C@@H]2O[C@H](COP(=O)([O-])OP(=O)(O)OP(=O)(O)OC[C@H]3O[C@@H](N4C=NC5C(=O)NC(=N)N=C54)[C@H](O)[C@@H]3OP(=O)(O)OC[C@H]3O[C@@H](N4C=NC5C(=O)NC(=N)N=C54)[C@H](O)[C@@H]3O)[C@@H](O)[C@H]2O)C2=NC(=N)NC(=O)C21. The fourth-order valence-electron chi connectivity index (χ4n) is 8.47. The first-order chi connectivity index (χ1) is 35.0. The summed E-state index contributed by atoms with van der Waals surface area (Å²) in [5, 5.41) is 84.1. The number of hydrogen-bond donors (Lipinski definition) is 14. The van der Waals surface area contributed by atoms with Gasteiger partial charge in [0.25, 0.3) is 37.4 Å². The molecule has 9 heterocycles. The summed E-state index contributed by atoms with van der Waals surface area (Å²) < 4.78 is 97.8. The molecule has 7 unspecified atom stereocenters. The quantitative estimate of drug-likeness (QED) is 0.0448. The fraction of sp³-hybridized carbons (Fsp3) is 0.613. The summed E-state index contributed by atoms with van der Waals surface area (Å²) in [6, 6.07) is -3.74. The standard InChI is InChI=1S/C31H41N15O25P4/c1-43-7-46(22-13(43)25(54)42-31(34)39-22)27-17(50)15(48)9(67-27)3-64-73(57,58)70-75(61,62)71-74(59,60)65-4-10-19(18(51)28(68-10)45-6-36-12-21(45)38-30(33)41-24(12)53)69-72(55,56)63-2-8-14(47)16(49)26(66-8)44-5-35-11-20(44)37-29(32)40-23(11)52/h5-19,26-28,47-51H,2-4H2,1H3,(H9-,32,33,34,40,41,42,52,53,54,55,56,57,58,59,60,61,62)/t8-,9-,10-,11?,12?,13?,14-,15-,16-,17-,18-,19-,26-,27-,28-/m1/s1. The van der Waals surface area contributed by atoms with Crippen molar-refractivity contribution in [2.75, 3.05) is 26.9 Å². The molecule has 9 rings (SSSR count). The van der Waals surface area contributed by atoms with Gasteiger partial charge in [0.15, 0.2) is 36.2 Å². The number of ether oxygens (including phenoxy) is 3. The minimum atomic E-state index is -6.32. The average Bonchev–Trinajstić information content (AvgIpc) is 4.15. The van der Waals surface area contributed by atoms with Crippen LogP contribution in [0.4, 0.5) is 0 Å². The highest BCUT2D eigenvalue weighted by Crippen LogP contribution is 2.67.